The summed E-state index contributed by atoms with van der Waals surface area (Å²) < 4.78 is 53.0. The molecule has 4 rings (SSSR count). The van der Waals surface area contributed by atoms with Crippen molar-refractivity contribution in [3.63, 3.8) is 0 Å². The number of hydrogen-bond acceptors (Lipinski definition) is 13. The zero-order chi connectivity index (χ0) is 61.7. The lowest BCUT2D eigenvalue weighted by atomic mass is 9.78. The van der Waals surface area contributed by atoms with Crippen molar-refractivity contribution in [3.8, 4) is 0 Å². The summed E-state index contributed by atoms with van der Waals surface area (Å²) in [6.45, 7) is 10.0. The molecule has 2 heterocycles. The van der Waals surface area contributed by atoms with Crippen LogP contribution in [0.5, 0.6) is 0 Å². The molecule has 476 valence electrons. The average Bonchev–Trinajstić information content (AvgIpc) is 3.45. The summed E-state index contributed by atoms with van der Waals surface area (Å²) in [6, 6.07) is 16.1. The van der Waals surface area contributed by atoms with Crippen molar-refractivity contribution >= 4 is 89.7 Å². The maximum absolute atomic E-state index is 13.9. The van der Waals surface area contributed by atoms with E-state index in [0.29, 0.717) is 103 Å². The van der Waals surface area contributed by atoms with Crippen molar-refractivity contribution < 1.29 is 108 Å². The molecule has 0 aliphatic carbocycles. The molecule has 20 nitrogen and oxygen atoms in total. The molecule has 2 aromatic rings. The van der Waals surface area contributed by atoms with Crippen molar-refractivity contribution in [3.05, 3.63) is 59.7 Å². The molecule has 0 aromatic heterocycles. The largest absolute Gasteiger partial charge is 1.00 e. The van der Waals surface area contributed by atoms with Crippen LogP contribution in [0.25, 0.3) is 0 Å². The molecule has 2 atom stereocenters. The molecule has 2 aliphatic heterocycles. The number of carboxylic acids is 6. The van der Waals surface area contributed by atoms with Gasteiger partial charge < -0.3 is 65.7 Å². The van der Waals surface area contributed by atoms with Crippen LogP contribution in [0.4, 0.5) is 11.4 Å². The molecule has 2 aromatic carbocycles. The Bertz CT molecular complexity index is 2450. The molecule has 24 heteroatoms. The van der Waals surface area contributed by atoms with Gasteiger partial charge in [0.05, 0.1) is 49.9 Å². The Labute approximate surface area is 516 Å². The first-order valence-electron chi connectivity index (χ1n) is 29.4. The first kappa shape index (κ1) is 77.9. The number of nitrogens with zero attached hydrogens (tertiary/aromatic N) is 2. The third-order valence-corrected chi connectivity index (χ3v) is 19.3. The van der Waals surface area contributed by atoms with Crippen LogP contribution >= 0.6 is 31.1 Å². The molecule has 0 saturated heterocycles. The van der Waals surface area contributed by atoms with Crippen LogP contribution in [0.3, 0.4) is 0 Å². The van der Waals surface area contributed by atoms with Gasteiger partial charge in [0.1, 0.15) is 6.54 Å². The molecule has 2 unspecified atom stereocenters. The van der Waals surface area contributed by atoms with Crippen LogP contribution in [-0.4, -0.2) is 133 Å². The fraction of sp³-hybridized carbons (Fsp3) is 0.667. The van der Waals surface area contributed by atoms with Gasteiger partial charge in [-0.15, -0.1) is 0 Å². The van der Waals surface area contributed by atoms with E-state index in [-0.39, 0.29) is 98.7 Å². The number of para-hydroxylation sites is 2. The number of alkyl halides is 1. The summed E-state index contributed by atoms with van der Waals surface area (Å²) in [5.74, 6) is -4.79. The minimum atomic E-state index is -3.47. The maximum atomic E-state index is 13.9. The van der Waals surface area contributed by atoms with Crippen molar-refractivity contribution in [2.24, 2.45) is 4.99 Å². The lowest BCUT2D eigenvalue weighted by Crippen LogP contribution is -3.00. The van der Waals surface area contributed by atoms with Crippen LogP contribution in [-0.2, 0) is 66.8 Å². The monoisotopic (exact) mass is 1350 g/mol. The van der Waals surface area contributed by atoms with Gasteiger partial charge in [-0.25, -0.2) is 0 Å². The third kappa shape index (κ3) is 31.0. The summed E-state index contributed by atoms with van der Waals surface area (Å²) in [5, 5.41) is 53.2. The molecule has 84 heavy (non-hydrogen) atoms. The summed E-state index contributed by atoms with van der Waals surface area (Å²) in [6.07, 6.45) is 14.9. The molecular formula is C60H94Br2N2O18P2. The van der Waals surface area contributed by atoms with Crippen LogP contribution in [0, 0.1) is 0 Å². The fourth-order valence-corrected chi connectivity index (χ4v) is 13.8. The standard InChI is InChI=1S/C30H46NO9P.C24H36NO7P.C6H11BrO2.BrH/c1-24-30(2,25-14-9-10-15-26(25)31(24)20-11-3-6-16-27(32)33)19-23-41(38,39-21-12-4-7-17-28(34)35)40-22-13-5-8-18-29(36)37;1-19-24(2,20-11-7-8-12-21(20)25-19)15-18-33(30,31-16-9-3-5-13-22(26)27)32-17-10-4-6-14-23(28)29;7-5-3-1-2-4-6(8)9;/h9-10,14-15H,3-8,11-13,16-23H2,1-2H3,(H2-,32,33,34,35,36,37);7-8,11-12H,3-6,9-10,13-18H2,1-2H3,(H,26,27)(H,28,29);1-5H2,(H,8,9);1H. The molecule has 0 saturated carbocycles. The Morgan fingerprint density at radius 3 is 1.19 bits per heavy atom. The van der Waals surface area contributed by atoms with Crippen LogP contribution in [0.1, 0.15) is 206 Å². The van der Waals surface area contributed by atoms with Crippen LogP contribution in [0.2, 0.25) is 0 Å². The van der Waals surface area contributed by atoms with E-state index >= 15 is 0 Å². The Morgan fingerprint density at radius 1 is 0.476 bits per heavy atom. The number of halogens is 2. The summed E-state index contributed by atoms with van der Waals surface area (Å²) in [7, 11) is -6.84. The van der Waals surface area contributed by atoms with Gasteiger partial charge in [0.25, 0.3) is 0 Å². The first-order chi connectivity index (χ1) is 39.4. The molecule has 0 spiro atoms. The molecule has 6 N–H and O–H groups in total. The molecule has 2 aliphatic rings. The van der Waals surface area contributed by atoms with Gasteiger partial charge in [0.2, 0.25) is 5.69 Å². The minimum Gasteiger partial charge on any atom is -1.00 e. The van der Waals surface area contributed by atoms with Gasteiger partial charge in [0.15, 0.2) is 5.71 Å². The summed E-state index contributed by atoms with van der Waals surface area (Å²) >= 11 is 3.27. The van der Waals surface area contributed by atoms with E-state index < -0.39 is 51.0 Å². The van der Waals surface area contributed by atoms with Crippen LogP contribution in [0.15, 0.2) is 53.5 Å². The van der Waals surface area contributed by atoms with Crippen molar-refractivity contribution in [1.82, 2.24) is 0 Å². The SMILES string of the molecule is CC1=Nc2ccccc2C1(C)CCP(=O)(OCCCCCC(=O)O)OCCCCCC(=O)O.CC1=[N+](CCCCCC(=O)O)c2ccccc2C1(C)CCP(=O)(OCCCCCC(=O)O)OCCCCCC(=O)O.O=C(O)CCCCCBr.[Br-]. The van der Waals surface area contributed by atoms with Gasteiger partial charge >= 0.3 is 51.0 Å². The number of benzene rings is 2. The highest BCUT2D eigenvalue weighted by Gasteiger charge is 2.47. The first-order valence-corrected chi connectivity index (χ1v) is 34.0. The molecule has 0 bridgehead atoms. The van der Waals surface area contributed by atoms with Gasteiger partial charge in [-0.3, -0.25) is 42.9 Å². The highest BCUT2D eigenvalue weighted by Crippen LogP contribution is 2.54. The number of carboxylic acid groups (broad SMARTS) is 6. The summed E-state index contributed by atoms with van der Waals surface area (Å²) in [5.41, 5.74) is 5.69. The van der Waals surface area contributed by atoms with Crippen molar-refractivity contribution in [2.75, 3.05) is 50.6 Å². The number of fused-ring (bicyclic) bond motifs is 2. The number of rotatable bonds is 45. The zero-order valence-electron chi connectivity index (χ0n) is 49.8. The smallest absolute Gasteiger partial charge is 0.330 e. The van der Waals surface area contributed by atoms with Crippen LogP contribution < -0.4 is 17.0 Å². The van der Waals surface area contributed by atoms with E-state index in [0.717, 1.165) is 77.9 Å². The van der Waals surface area contributed by atoms with E-state index in [2.05, 4.69) is 58.4 Å². The van der Waals surface area contributed by atoms with E-state index in [1.807, 2.05) is 43.3 Å². The number of hydrogen-bond donors (Lipinski definition) is 6. The minimum absolute atomic E-state index is 0. The van der Waals surface area contributed by atoms with Gasteiger partial charge in [0, 0.05) is 80.0 Å². The van der Waals surface area contributed by atoms with Gasteiger partial charge in [-0.1, -0.05) is 91.4 Å². The second kappa shape index (κ2) is 42.7. The second-order valence-corrected chi connectivity index (χ2v) is 26.7. The van der Waals surface area contributed by atoms with Gasteiger partial charge in [-0.2, -0.15) is 4.58 Å². The molecule has 0 amide bonds. The Kier molecular flexibility index (Phi) is 39.5. The van der Waals surface area contributed by atoms with Crippen molar-refractivity contribution in [1.29, 1.82) is 0 Å². The van der Waals surface area contributed by atoms with Gasteiger partial charge in [-0.05, 0) is 115 Å². The number of carbonyl (C=O) groups is 6. The molecular weight excluding hydrogens is 1260 g/mol. The number of aliphatic carboxylic acids is 6. The topological polar surface area (TPSA) is 310 Å². The van der Waals surface area contributed by atoms with E-state index in [4.69, 9.17) is 48.7 Å². The second-order valence-electron chi connectivity index (χ2n) is 21.6. The van der Waals surface area contributed by atoms with E-state index in [1.54, 1.807) is 0 Å². The normalized spacial score (nSPS) is 16.0. The number of aliphatic imine (C=N–C) groups is 1. The van der Waals surface area contributed by atoms with E-state index in [1.165, 1.54) is 0 Å². The van der Waals surface area contributed by atoms with E-state index in [9.17, 15) is 37.9 Å². The predicted molar refractivity (Wildman–Crippen MR) is 324 cm³/mol. The Balaban J connectivity index is 0.000000735. The lowest BCUT2D eigenvalue weighted by Gasteiger charge is -2.28. The molecule has 0 fully saturated rings. The van der Waals surface area contributed by atoms with Crippen molar-refractivity contribution in [2.45, 2.75) is 205 Å². The highest BCUT2D eigenvalue weighted by molar-refractivity contribution is 9.09. The maximum Gasteiger partial charge on any atom is 0.330 e. The lowest BCUT2D eigenvalue weighted by molar-refractivity contribution is -0.439. The third-order valence-electron chi connectivity index (χ3n) is 14.9. The summed E-state index contributed by atoms with van der Waals surface area (Å²) in [4.78, 5) is 68.3. The Morgan fingerprint density at radius 2 is 0.810 bits per heavy atom. The Hall–Kier alpha value is -4.14. The quantitative estimate of drug-likeness (QED) is 0.0155. The average molecular weight is 1350 g/mol. The predicted octanol–water partition coefficient (Wildman–Crippen LogP) is 11.6. The zero-order valence-corrected chi connectivity index (χ0v) is 54.7. The molecule has 0 radical (unpaired) electrons. The number of unbranched alkanes of at least 4 members (excludes halogenated alkanes) is 12. The fourth-order valence-electron chi connectivity index (χ4n) is 9.66. The highest BCUT2D eigenvalue weighted by atomic mass is 79.9.